The van der Waals surface area contributed by atoms with Crippen molar-refractivity contribution in [3.8, 4) is 11.4 Å². The Balaban J connectivity index is 2.36. The maximum Gasteiger partial charge on any atom is 0.117 e. The van der Waals surface area contributed by atoms with Crippen molar-refractivity contribution < 1.29 is 5.11 Å². The molecule has 0 fully saturated rings. The summed E-state index contributed by atoms with van der Waals surface area (Å²) in [5.74, 6) is 0.238. The minimum absolute atomic E-state index is 0.238. The molecule has 1 heterocycles. The highest BCUT2D eigenvalue weighted by Crippen LogP contribution is 2.22. The lowest BCUT2D eigenvalue weighted by Crippen LogP contribution is -2.14. The van der Waals surface area contributed by atoms with Crippen molar-refractivity contribution in [2.45, 2.75) is 13.3 Å². The van der Waals surface area contributed by atoms with Crippen LogP contribution in [-0.4, -0.2) is 28.0 Å². The predicted octanol–water partition coefficient (Wildman–Crippen LogP) is 1.51. The first-order valence-electron chi connectivity index (χ1n) is 6.06. The van der Waals surface area contributed by atoms with E-state index in [1.807, 2.05) is 10.7 Å². The molecule has 2 rings (SSSR count). The van der Waals surface area contributed by atoms with Crippen molar-refractivity contribution in [1.29, 1.82) is 0 Å². The molecule has 5 heteroatoms. The molecule has 0 radical (unpaired) electrons. The van der Waals surface area contributed by atoms with Gasteiger partial charge in [-0.05, 0) is 18.6 Å². The van der Waals surface area contributed by atoms with Crippen LogP contribution in [0.4, 0.5) is 5.69 Å². The zero-order chi connectivity index (χ0) is 13.0. The zero-order valence-corrected chi connectivity index (χ0v) is 10.4. The van der Waals surface area contributed by atoms with E-state index in [1.165, 1.54) is 0 Å². The Morgan fingerprint density at radius 2 is 2.28 bits per heavy atom. The summed E-state index contributed by atoms with van der Waals surface area (Å²) in [4.78, 5) is 0. The van der Waals surface area contributed by atoms with Crippen molar-refractivity contribution in [2.24, 2.45) is 5.73 Å². The fourth-order valence-corrected chi connectivity index (χ4v) is 1.92. The molecule has 0 spiro atoms. The molecule has 0 saturated heterocycles. The maximum atomic E-state index is 9.51. The number of nitrogens with zero attached hydrogens (tertiary/aromatic N) is 2. The molecule has 0 aliphatic heterocycles. The summed E-state index contributed by atoms with van der Waals surface area (Å²) in [6, 6.07) is 7.06. The van der Waals surface area contributed by atoms with E-state index in [-0.39, 0.29) is 5.75 Å². The van der Waals surface area contributed by atoms with Gasteiger partial charge in [-0.2, -0.15) is 5.10 Å². The fraction of sp³-hybridized carbons (Fsp3) is 0.308. The number of phenolic OH excluding ortho intramolecular Hbond substituents is 1. The van der Waals surface area contributed by atoms with Gasteiger partial charge in [-0.15, -0.1) is 0 Å². The van der Waals surface area contributed by atoms with Gasteiger partial charge in [0, 0.05) is 19.2 Å². The lowest BCUT2D eigenvalue weighted by molar-refractivity contribution is 0.474. The summed E-state index contributed by atoms with van der Waals surface area (Å²) in [7, 11) is 0. The van der Waals surface area contributed by atoms with E-state index in [2.05, 4.69) is 17.3 Å². The molecule has 1 aromatic heterocycles. The van der Waals surface area contributed by atoms with Crippen molar-refractivity contribution in [1.82, 2.24) is 9.78 Å². The van der Waals surface area contributed by atoms with Gasteiger partial charge in [0.25, 0.3) is 0 Å². The first-order valence-corrected chi connectivity index (χ1v) is 6.06. The Hall–Kier alpha value is -2.01. The lowest BCUT2D eigenvalue weighted by atomic mass is 10.2. The molecule has 0 bridgehead atoms. The maximum absolute atomic E-state index is 9.51. The van der Waals surface area contributed by atoms with Crippen LogP contribution in [0.3, 0.4) is 0 Å². The molecule has 18 heavy (non-hydrogen) atoms. The number of nitrogens with one attached hydrogen (secondary N) is 1. The third-order valence-electron chi connectivity index (χ3n) is 2.74. The van der Waals surface area contributed by atoms with Gasteiger partial charge in [0.2, 0.25) is 0 Å². The molecule has 96 valence electrons. The van der Waals surface area contributed by atoms with Gasteiger partial charge < -0.3 is 16.2 Å². The zero-order valence-electron chi connectivity index (χ0n) is 10.4. The van der Waals surface area contributed by atoms with E-state index >= 15 is 0 Å². The second-order valence-corrected chi connectivity index (χ2v) is 4.01. The number of hydrogen-bond acceptors (Lipinski definition) is 4. The van der Waals surface area contributed by atoms with Crippen molar-refractivity contribution in [2.75, 3.05) is 18.4 Å². The van der Waals surface area contributed by atoms with Gasteiger partial charge in [0.15, 0.2) is 0 Å². The predicted molar refractivity (Wildman–Crippen MR) is 72.2 cm³/mol. The summed E-state index contributed by atoms with van der Waals surface area (Å²) in [6.07, 6.45) is 2.64. The summed E-state index contributed by atoms with van der Waals surface area (Å²) < 4.78 is 1.83. The number of aromatic nitrogens is 2. The van der Waals surface area contributed by atoms with Gasteiger partial charge in [0.05, 0.1) is 23.3 Å². The number of benzene rings is 1. The summed E-state index contributed by atoms with van der Waals surface area (Å²) in [5.41, 5.74) is 8.41. The van der Waals surface area contributed by atoms with Crippen LogP contribution in [0, 0.1) is 0 Å². The van der Waals surface area contributed by atoms with Crippen LogP contribution >= 0.6 is 0 Å². The molecule has 5 nitrogen and oxygen atoms in total. The third-order valence-corrected chi connectivity index (χ3v) is 2.74. The number of hydrogen-bond donors (Lipinski definition) is 3. The van der Waals surface area contributed by atoms with Crippen LogP contribution in [0.1, 0.15) is 12.6 Å². The number of phenols is 1. The van der Waals surface area contributed by atoms with Gasteiger partial charge in [-0.25, -0.2) is 4.68 Å². The molecule has 0 amide bonds. The van der Waals surface area contributed by atoms with Gasteiger partial charge in [-0.3, -0.25) is 0 Å². The molecule has 0 atom stereocenters. The smallest absolute Gasteiger partial charge is 0.117 e. The normalized spacial score (nSPS) is 10.6. The van der Waals surface area contributed by atoms with E-state index in [0.717, 1.165) is 30.0 Å². The Bertz CT molecular complexity index is 521. The van der Waals surface area contributed by atoms with E-state index in [1.54, 1.807) is 24.4 Å². The topological polar surface area (TPSA) is 76.1 Å². The number of aromatic hydroxyl groups is 1. The van der Waals surface area contributed by atoms with E-state index in [4.69, 9.17) is 5.73 Å². The fourth-order valence-electron chi connectivity index (χ4n) is 1.92. The van der Waals surface area contributed by atoms with E-state index in [0.29, 0.717) is 6.54 Å². The minimum atomic E-state index is 0.238. The monoisotopic (exact) mass is 246 g/mol. The SMILES string of the molecule is CCc1c(NCCN)cnn1-c1cccc(O)c1. The average Bonchev–Trinajstić information content (AvgIpc) is 2.79. The van der Waals surface area contributed by atoms with Crippen molar-refractivity contribution >= 4 is 5.69 Å². The van der Waals surface area contributed by atoms with Crippen LogP contribution in [0.2, 0.25) is 0 Å². The standard InChI is InChI=1S/C13H18N4O/c1-2-13-12(15-7-6-14)9-16-17(13)10-4-3-5-11(18)8-10/h3-5,8-9,15,18H,2,6-7,14H2,1H3. The van der Waals surface area contributed by atoms with Crippen LogP contribution in [0.15, 0.2) is 30.5 Å². The highest BCUT2D eigenvalue weighted by molar-refractivity contribution is 5.51. The Labute approximate surface area is 106 Å². The van der Waals surface area contributed by atoms with Crippen LogP contribution in [0.25, 0.3) is 5.69 Å². The number of nitrogens with two attached hydrogens (primary N) is 1. The van der Waals surface area contributed by atoms with E-state index < -0.39 is 0 Å². The molecular weight excluding hydrogens is 228 g/mol. The molecule has 0 unspecified atom stereocenters. The first kappa shape index (κ1) is 12.4. The Morgan fingerprint density at radius 3 is 2.94 bits per heavy atom. The third kappa shape index (κ3) is 2.46. The highest BCUT2D eigenvalue weighted by Gasteiger charge is 2.10. The number of anilines is 1. The van der Waals surface area contributed by atoms with E-state index in [9.17, 15) is 5.11 Å². The van der Waals surface area contributed by atoms with Crippen molar-refractivity contribution in [3.63, 3.8) is 0 Å². The van der Waals surface area contributed by atoms with Gasteiger partial charge in [-0.1, -0.05) is 13.0 Å². The average molecular weight is 246 g/mol. The summed E-state index contributed by atoms with van der Waals surface area (Å²) >= 11 is 0. The molecular formula is C13H18N4O. The Morgan fingerprint density at radius 1 is 1.44 bits per heavy atom. The largest absolute Gasteiger partial charge is 0.508 e. The van der Waals surface area contributed by atoms with Crippen LogP contribution < -0.4 is 11.1 Å². The summed E-state index contributed by atoms with van der Waals surface area (Å²) in [6.45, 7) is 3.38. The molecule has 0 aliphatic rings. The molecule has 4 N–H and O–H groups in total. The van der Waals surface area contributed by atoms with Crippen LogP contribution in [0.5, 0.6) is 5.75 Å². The lowest BCUT2D eigenvalue weighted by Gasteiger charge is -2.09. The van der Waals surface area contributed by atoms with Crippen molar-refractivity contribution in [3.05, 3.63) is 36.2 Å². The quantitative estimate of drug-likeness (QED) is 0.747. The van der Waals surface area contributed by atoms with Gasteiger partial charge in [0.1, 0.15) is 5.75 Å². The first-order chi connectivity index (χ1) is 8.76. The Kier molecular flexibility index (Phi) is 3.84. The minimum Gasteiger partial charge on any atom is -0.508 e. The van der Waals surface area contributed by atoms with Gasteiger partial charge >= 0.3 is 0 Å². The highest BCUT2D eigenvalue weighted by atomic mass is 16.3. The van der Waals surface area contributed by atoms with Crippen LogP contribution in [-0.2, 0) is 6.42 Å². The number of rotatable bonds is 5. The molecule has 2 aromatic rings. The molecule has 0 saturated carbocycles. The summed E-state index contributed by atoms with van der Waals surface area (Å²) in [5, 5.41) is 17.1. The second kappa shape index (κ2) is 5.55. The molecule has 1 aromatic carbocycles. The second-order valence-electron chi connectivity index (χ2n) is 4.01. The molecule has 0 aliphatic carbocycles.